The number of benzene rings is 1. The summed E-state index contributed by atoms with van der Waals surface area (Å²) in [4.78, 5) is 35.6. The van der Waals surface area contributed by atoms with Crippen LogP contribution in [0.15, 0.2) is 18.2 Å². The lowest BCUT2D eigenvalue weighted by Gasteiger charge is -2.26. The van der Waals surface area contributed by atoms with E-state index in [-0.39, 0.29) is 23.6 Å². The Morgan fingerprint density at radius 3 is 2.65 bits per heavy atom. The molecule has 2 atom stereocenters. The predicted octanol–water partition coefficient (Wildman–Crippen LogP) is 3.37. The fraction of sp³-hybridized carbons (Fsp3) is 0.550. The highest BCUT2D eigenvalue weighted by molar-refractivity contribution is 5.97. The molecule has 6 heteroatoms. The first-order valence-corrected chi connectivity index (χ1v) is 9.06. The SMILES string of the molecule is CCC1Oc2cc(C(C)NC(=O)CCC(C)(C)C(C)=O)ccc2NC1=O. The van der Waals surface area contributed by atoms with Crippen molar-refractivity contribution >= 4 is 23.3 Å². The Kier molecular flexibility index (Phi) is 6.05. The largest absolute Gasteiger partial charge is 0.478 e. The molecule has 1 aliphatic heterocycles. The minimum Gasteiger partial charge on any atom is -0.478 e. The number of fused-ring (bicyclic) bond motifs is 1. The molecule has 1 aromatic rings. The van der Waals surface area contributed by atoms with Gasteiger partial charge in [-0.3, -0.25) is 14.4 Å². The van der Waals surface area contributed by atoms with E-state index in [2.05, 4.69) is 10.6 Å². The summed E-state index contributed by atoms with van der Waals surface area (Å²) >= 11 is 0. The van der Waals surface area contributed by atoms with Crippen molar-refractivity contribution in [2.45, 2.75) is 66.0 Å². The van der Waals surface area contributed by atoms with Crippen molar-refractivity contribution in [3.8, 4) is 5.75 Å². The molecule has 2 amide bonds. The van der Waals surface area contributed by atoms with Crippen LogP contribution in [0.2, 0.25) is 0 Å². The van der Waals surface area contributed by atoms with Crippen LogP contribution in [0.1, 0.15) is 65.5 Å². The Morgan fingerprint density at radius 2 is 2.04 bits per heavy atom. The molecule has 0 bridgehead atoms. The van der Waals surface area contributed by atoms with Crippen LogP contribution in [0.25, 0.3) is 0 Å². The molecule has 0 fully saturated rings. The Labute approximate surface area is 154 Å². The van der Waals surface area contributed by atoms with Crippen LogP contribution in [0.3, 0.4) is 0 Å². The number of carbonyl (C=O) groups is 3. The number of hydrogen-bond donors (Lipinski definition) is 2. The summed E-state index contributed by atoms with van der Waals surface area (Å²) < 4.78 is 5.75. The maximum absolute atomic E-state index is 12.2. The van der Waals surface area contributed by atoms with Gasteiger partial charge in [-0.15, -0.1) is 0 Å². The molecule has 1 heterocycles. The molecule has 0 aromatic heterocycles. The Balaban J connectivity index is 2.00. The topological polar surface area (TPSA) is 84.5 Å². The van der Waals surface area contributed by atoms with Gasteiger partial charge in [0.05, 0.1) is 11.7 Å². The average molecular weight is 360 g/mol. The van der Waals surface area contributed by atoms with Crippen molar-refractivity contribution in [3.63, 3.8) is 0 Å². The van der Waals surface area contributed by atoms with Gasteiger partial charge in [-0.25, -0.2) is 0 Å². The molecule has 0 radical (unpaired) electrons. The van der Waals surface area contributed by atoms with E-state index in [0.29, 0.717) is 30.7 Å². The molecule has 2 unspecified atom stereocenters. The van der Waals surface area contributed by atoms with Crippen LogP contribution >= 0.6 is 0 Å². The van der Waals surface area contributed by atoms with Crippen molar-refractivity contribution < 1.29 is 19.1 Å². The predicted molar refractivity (Wildman–Crippen MR) is 100 cm³/mol. The highest BCUT2D eigenvalue weighted by Gasteiger charge is 2.27. The second-order valence-electron chi connectivity index (χ2n) is 7.49. The molecule has 0 saturated carbocycles. The summed E-state index contributed by atoms with van der Waals surface area (Å²) in [5.74, 6) is 0.470. The molecule has 0 saturated heterocycles. The van der Waals surface area contributed by atoms with E-state index in [4.69, 9.17) is 4.74 Å². The number of carbonyl (C=O) groups excluding carboxylic acids is 3. The molecule has 0 aliphatic carbocycles. The third-order valence-corrected chi connectivity index (χ3v) is 5.00. The summed E-state index contributed by atoms with van der Waals surface area (Å²) in [6, 6.07) is 5.30. The van der Waals surface area contributed by atoms with E-state index < -0.39 is 11.5 Å². The van der Waals surface area contributed by atoms with Crippen molar-refractivity contribution in [1.29, 1.82) is 0 Å². The summed E-state index contributed by atoms with van der Waals surface area (Å²) in [6.07, 6.45) is 0.912. The van der Waals surface area contributed by atoms with Crippen LogP contribution in [0, 0.1) is 5.41 Å². The molecule has 142 valence electrons. The molecule has 2 rings (SSSR count). The van der Waals surface area contributed by atoms with Crippen LogP contribution in [-0.2, 0) is 14.4 Å². The summed E-state index contributed by atoms with van der Waals surface area (Å²) in [7, 11) is 0. The van der Waals surface area contributed by atoms with Crippen molar-refractivity contribution in [2.24, 2.45) is 5.41 Å². The van der Waals surface area contributed by atoms with Crippen molar-refractivity contribution in [1.82, 2.24) is 5.32 Å². The quantitative estimate of drug-likeness (QED) is 0.781. The number of Topliss-reactive ketones (excluding diaryl/α,β-unsaturated/α-hetero) is 1. The fourth-order valence-electron chi connectivity index (χ4n) is 2.70. The zero-order chi connectivity index (χ0) is 19.5. The minimum atomic E-state index is -0.492. The van der Waals surface area contributed by atoms with Crippen LogP contribution in [0.5, 0.6) is 5.75 Å². The Hall–Kier alpha value is -2.37. The third-order valence-electron chi connectivity index (χ3n) is 5.00. The van der Waals surface area contributed by atoms with Gasteiger partial charge in [-0.2, -0.15) is 0 Å². The van der Waals surface area contributed by atoms with Crippen molar-refractivity contribution in [3.05, 3.63) is 23.8 Å². The van der Waals surface area contributed by atoms with Gasteiger partial charge in [0.25, 0.3) is 5.91 Å². The number of rotatable bonds is 7. The highest BCUT2D eigenvalue weighted by atomic mass is 16.5. The van der Waals surface area contributed by atoms with Gasteiger partial charge in [0, 0.05) is 11.8 Å². The molecule has 1 aliphatic rings. The molecule has 2 N–H and O–H groups in total. The fourth-order valence-corrected chi connectivity index (χ4v) is 2.70. The third kappa shape index (κ3) is 4.62. The van der Waals surface area contributed by atoms with Gasteiger partial charge in [0.1, 0.15) is 11.5 Å². The molecular formula is C20H28N2O4. The van der Waals surface area contributed by atoms with E-state index in [0.717, 1.165) is 5.56 Å². The smallest absolute Gasteiger partial charge is 0.265 e. The number of ketones is 1. The minimum absolute atomic E-state index is 0.0812. The monoisotopic (exact) mass is 360 g/mol. The van der Waals surface area contributed by atoms with E-state index in [1.807, 2.05) is 39.8 Å². The molecule has 26 heavy (non-hydrogen) atoms. The first-order chi connectivity index (χ1) is 12.1. The molecule has 0 spiro atoms. The van der Waals surface area contributed by atoms with Crippen LogP contribution in [0.4, 0.5) is 5.69 Å². The second kappa shape index (κ2) is 7.89. The summed E-state index contributed by atoms with van der Waals surface area (Å²) in [5.41, 5.74) is 1.05. The van der Waals surface area contributed by atoms with E-state index in [1.165, 1.54) is 0 Å². The lowest BCUT2D eigenvalue weighted by Crippen LogP contribution is -2.36. The zero-order valence-corrected chi connectivity index (χ0v) is 16.1. The summed E-state index contributed by atoms with van der Waals surface area (Å²) in [5, 5.41) is 5.79. The Bertz CT molecular complexity index is 712. The standard InChI is InChI=1S/C20H28N2O4/c1-6-16-19(25)22-15-8-7-14(11-17(15)26-16)12(2)21-18(24)9-10-20(4,5)13(3)23/h7-8,11-12,16H,6,9-10H2,1-5H3,(H,21,24)(H,22,25). The summed E-state index contributed by atoms with van der Waals surface area (Å²) in [6.45, 7) is 9.05. The number of nitrogens with one attached hydrogen (secondary N) is 2. The number of hydrogen-bond acceptors (Lipinski definition) is 4. The normalized spacial score (nSPS) is 17.6. The maximum Gasteiger partial charge on any atom is 0.265 e. The van der Waals surface area contributed by atoms with Gasteiger partial charge in [-0.05, 0) is 44.4 Å². The highest BCUT2D eigenvalue weighted by Crippen LogP contribution is 2.33. The number of ether oxygens (including phenoxy) is 1. The first-order valence-electron chi connectivity index (χ1n) is 9.06. The van der Waals surface area contributed by atoms with Gasteiger partial charge in [-0.1, -0.05) is 26.8 Å². The number of amides is 2. The van der Waals surface area contributed by atoms with Crippen LogP contribution in [-0.4, -0.2) is 23.7 Å². The maximum atomic E-state index is 12.2. The van der Waals surface area contributed by atoms with Crippen LogP contribution < -0.4 is 15.4 Å². The van der Waals surface area contributed by atoms with E-state index in [1.54, 1.807) is 13.0 Å². The van der Waals surface area contributed by atoms with E-state index >= 15 is 0 Å². The van der Waals surface area contributed by atoms with E-state index in [9.17, 15) is 14.4 Å². The Morgan fingerprint density at radius 1 is 1.35 bits per heavy atom. The van der Waals surface area contributed by atoms with Crippen molar-refractivity contribution in [2.75, 3.05) is 5.32 Å². The lowest BCUT2D eigenvalue weighted by atomic mass is 9.84. The van der Waals surface area contributed by atoms with Gasteiger partial charge in [0.2, 0.25) is 5.91 Å². The molecular weight excluding hydrogens is 332 g/mol. The number of anilines is 1. The second-order valence-corrected chi connectivity index (χ2v) is 7.49. The van der Waals surface area contributed by atoms with Gasteiger partial charge >= 0.3 is 0 Å². The van der Waals surface area contributed by atoms with Gasteiger partial charge < -0.3 is 15.4 Å². The average Bonchev–Trinajstić information content (AvgIpc) is 2.58. The lowest BCUT2D eigenvalue weighted by molar-refractivity contribution is -0.127. The molecule has 6 nitrogen and oxygen atoms in total. The molecule has 1 aromatic carbocycles. The zero-order valence-electron chi connectivity index (χ0n) is 16.1. The first kappa shape index (κ1) is 19.9. The van der Waals surface area contributed by atoms with Gasteiger partial charge in [0.15, 0.2) is 6.10 Å².